The predicted octanol–water partition coefficient (Wildman–Crippen LogP) is 1.43. The lowest BCUT2D eigenvalue weighted by atomic mass is 10.2. The van der Waals surface area contributed by atoms with Gasteiger partial charge in [-0.1, -0.05) is 0 Å². The van der Waals surface area contributed by atoms with Gasteiger partial charge in [-0.15, -0.1) is 0 Å². The Labute approximate surface area is 94.2 Å². The molecule has 0 aliphatic rings. The zero-order valence-electron chi connectivity index (χ0n) is 9.04. The minimum Gasteiger partial charge on any atom is -0.462 e. The highest BCUT2D eigenvalue weighted by molar-refractivity contribution is 5.98. The second kappa shape index (κ2) is 4.56. The first-order valence-corrected chi connectivity index (χ1v) is 4.59. The third kappa shape index (κ3) is 2.45. The van der Waals surface area contributed by atoms with E-state index >= 15 is 0 Å². The van der Waals surface area contributed by atoms with E-state index in [4.69, 9.17) is 0 Å². The summed E-state index contributed by atoms with van der Waals surface area (Å²) in [4.78, 5) is 22.0. The van der Waals surface area contributed by atoms with E-state index in [9.17, 15) is 22.8 Å². The number of nitrogens with zero attached hydrogens (tertiary/aromatic N) is 2. The third-order valence-electron chi connectivity index (χ3n) is 1.95. The second-order valence-corrected chi connectivity index (χ2v) is 3.07. The fraction of sp³-hybridized carbons (Fsp3) is 0.444. The van der Waals surface area contributed by atoms with E-state index in [1.165, 1.54) is 6.92 Å². The molecule has 1 heterocycles. The van der Waals surface area contributed by atoms with Crippen molar-refractivity contribution < 1.29 is 27.5 Å². The summed E-state index contributed by atoms with van der Waals surface area (Å²) in [5.41, 5.74) is -2.73. The van der Waals surface area contributed by atoms with Crippen LogP contribution in [-0.2, 0) is 18.0 Å². The fourth-order valence-electron chi connectivity index (χ4n) is 1.28. The maximum Gasteiger partial charge on any atom is 0.436 e. The van der Waals surface area contributed by atoms with Gasteiger partial charge < -0.3 is 4.74 Å². The largest absolute Gasteiger partial charge is 0.462 e. The normalized spacial score (nSPS) is 11.4. The van der Waals surface area contributed by atoms with Crippen LogP contribution in [0.3, 0.4) is 0 Å². The number of halogens is 3. The zero-order valence-corrected chi connectivity index (χ0v) is 9.04. The molecule has 0 saturated carbocycles. The number of carbonyl (C=O) groups excluding carboxylic acids is 2. The van der Waals surface area contributed by atoms with Crippen molar-refractivity contribution in [2.45, 2.75) is 13.1 Å². The van der Waals surface area contributed by atoms with Crippen LogP contribution in [0.15, 0.2) is 0 Å². The predicted molar refractivity (Wildman–Crippen MR) is 49.6 cm³/mol. The second-order valence-electron chi connectivity index (χ2n) is 3.07. The number of rotatable bonds is 3. The fourth-order valence-corrected chi connectivity index (χ4v) is 1.28. The SMILES string of the molecule is CCOC(=O)c1c(C(F)(F)F)nn(C)c1C=O. The Bertz CT molecular complexity index is 451. The van der Waals surface area contributed by atoms with Gasteiger partial charge in [-0.25, -0.2) is 4.79 Å². The summed E-state index contributed by atoms with van der Waals surface area (Å²) >= 11 is 0. The molecule has 0 spiro atoms. The van der Waals surface area contributed by atoms with Gasteiger partial charge >= 0.3 is 12.1 Å². The first-order valence-electron chi connectivity index (χ1n) is 4.59. The number of aromatic nitrogens is 2. The van der Waals surface area contributed by atoms with Crippen LogP contribution in [0, 0.1) is 0 Å². The van der Waals surface area contributed by atoms with Crippen molar-refractivity contribution in [1.29, 1.82) is 0 Å². The molecule has 0 amide bonds. The van der Waals surface area contributed by atoms with Gasteiger partial charge in [0, 0.05) is 7.05 Å². The van der Waals surface area contributed by atoms with Gasteiger partial charge in [0.15, 0.2) is 12.0 Å². The molecule has 0 atom stereocenters. The van der Waals surface area contributed by atoms with Crippen molar-refractivity contribution in [3.63, 3.8) is 0 Å². The Balaban J connectivity index is 3.42. The number of hydrogen-bond acceptors (Lipinski definition) is 4. The summed E-state index contributed by atoms with van der Waals surface area (Å²) in [5.74, 6) is -1.21. The van der Waals surface area contributed by atoms with Crippen molar-refractivity contribution in [3.8, 4) is 0 Å². The monoisotopic (exact) mass is 250 g/mol. The van der Waals surface area contributed by atoms with Crippen LogP contribution >= 0.6 is 0 Å². The maximum absolute atomic E-state index is 12.6. The maximum atomic E-state index is 12.6. The summed E-state index contributed by atoms with van der Waals surface area (Å²) in [5, 5.41) is 3.12. The molecule has 0 aliphatic carbocycles. The first kappa shape index (κ1) is 13.2. The van der Waals surface area contributed by atoms with Crippen molar-refractivity contribution >= 4 is 12.3 Å². The van der Waals surface area contributed by atoms with Gasteiger partial charge in [-0.2, -0.15) is 18.3 Å². The van der Waals surface area contributed by atoms with Crippen LogP contribution in [0.1, 0.15) is 33.5 Å². The zero-order chi connectivity index (χ0) is 13.2. The van der Waals surface area contributed by atoms with E-state index in [1.807, 2.05) is 0 Å². The molecule has 0 bridgehead atoms. The Kier molecular flexibility index (Phi) is 3.54. The summed E-state index contributed by atoms with van der Waals surface area (Å²) in [6.07, 6.45) is -4.68. The van der Waals surface area contributed by atoms with E-state index < -0.39 is 29.1 Å². The minimum atomic E-state index is -4.82. The average Bonchev–Trinajstić information content (AvgIpc) is 2.55. The third-order valence-corrected chi connectivity index (χ3v) is 1.95. The Morgan fingerprint density at radius 1 is 1.53 bits per heavy atom. The topological polar surface area (TPSA) is 61.2 Å². The molecule has 0 aromatic carbocycles. The van der Waals surface area contributed by atoms with Crippen molar-refractivity contribution in [1.82, 2.24) is 9.78 Å². The van der Waals surface area contributed by atoms with Crippen molar-refractivity contribution in [2.75, 3.05) is 6.61 Å². The van der Waals surface area contributed by atoms with Crippen LogP contribution in [0.2, 0.25) is 0 Å². The Morgan fingerprint density at radius 2 is 2.12 bits per heavy atom. The summed E-state index contributed by atoms with van der Waals surface area (Å²) < 4.78 is 42.9. The van der Waals surface area contributed by atoms with E-state index in [1.54, 1.807) is 0 Å². The summed E-state index contributed by atoms with van der Waals surface area (Å²) in [7, 11) is 1.14. The van der Waals surface area contributed by atoms with Crippen LogP contribution in [0.25, 0.3) is 0 Å². The number of carbonyl (C=O) groups is 2. The Hall–Kier alpha value is -1.86. The molecule has 0 fully saturated rings. The molecule has 0 unspecified atom stereocenters. The lowest BCUT2D eigenvalue weighted by molar-refractivity contribution is -0.142. The molecule has 1 rings (SSSR count). The minimum absolute atomic E-state index is 0.0939. The number of hydrogen-bond donors (Lipinski definition) is 0. The molecular formula is C9H9F3N2O3. The molecule has 0 saturated heterocycles. The number of ether oxygens (including phenoxy) is 1. The molecule has 17 heavy (non-hydrogen) atoms. The van der Waals surface area contributed by atoms with Gasteiger partial charge in [0.1, 0.15) is 11.3 Å². The van der Waals surface area contributed by atoms with Gasteiger partial charge in [-0.3, -0.25) is 9.48 Å². The summed E-state index contributed by atoms with van der Waals surface area (Å²) in [6.45, 7) is 1.35. The van der Waals surface area contributed by atoms with E-state index in [0.29, 0.717) is 4.68 Å². The smallest absolute Gasteiger partial charge is 0.436 e. The number of esters is 1. The molecular weight excluding hydrogens is 241 g/mol. The van der Waals surface area contributed by atoms with Gasteiger partial charge in [0.2, 0.25) is 0 Å². The van der Waals surface area contributed by atoms with Crippen LogP contribution in [-0.4, -0.2) is 28.6 Å². The van der Waals surface area contributed by atoms with Crippen molar-refractivity contribution in [3.05, 3.63) is 17.0 Å². The van der Waals surface area contributed by atoms with E-state index in [2.05, 4.69) is 9.84 Å². The summed E-state index contributed by atoms with van der Waals surface area (Å²) in [6, 6.07) is 0. The molecule has 8 heteroatoms. The lowest BCUT2D eigenvalue weighted by Gasteiger charge is -2.05. The molecule has 0 aliphatic heterocycles. The van der Waals surface area contributed by atoms with Crippen LogP contribution < -0.4 is 0 Å². The van der Waals surface area contributed by atoms with E-state index in [-0.39, 0.29) is 12.9 Å². The highest BCUT2D eigenvalue weighted by atomic mass is 19.4. The van der Waals surface area contributed by atoms with Crippen molar-refractivity contribution in [2.24, 2.45) is 7.05 Å². The molecule has 94 valence electrons. The van der Waals surface area contributed by atoms with Gasteiger partial charge in [-0.05, 0) is 6.92 Å². The average molecular weight is 250 g/mol. The number of aldehydes is 1. The van der Waals surface area contributed by atoms with E-state index in [0.717, 1.165) is 7.05 Å². The van der Waals surface area contributed by atoms with Crippen LogP contribution in [0.5, 0.6) is 0 Å². The highest BCUT2D eigenvalue weighted by Gasteiger charge is 2.41. The van der Waals surface area contributed by atoms with Crippen LogP contribution in [0.4, 0.5) is 13.2 Å². The molecule has 5 nitrogen and oxygen atoms in total. The lowest BCUT2D eigenvalue weighted by Crippen LogP contribution is -2.15. The number of aryl methyl sites for hydroxylation is 1. The standard InChI is InChI=1S/C9H9F3N2O3/c1-3-17-8(16)6-5(4-15)14(2)13-7(6)9(10,11)12/h4H,3H2,1-2H3. The molecule has 1 aromatic rings. The first-order chi connectivity index (χ1) is 7.82. The van der Waals surface area contributed by atoms with Gasteiger partial charge in [0.25, 0.3) is 0 Å². The Morgan fingerprint density at radius 3 is 2.53 bits per heavy atom. The molecule has 1 aromatic heterocycles. The quantitative estimate of drug-likeness (QED) is 0.601. The molecule has 0 radical (unpaired) electrons. The molecule has 0 N–H and O–H groups in total. The highest BCUT2D eigenvalue weighted by Crippen LogP contribution is 2.32. The number of alkyl halides is 3. The van der Waals surface area contributed by atoms with Gasteiger partial charge in [0.05, 0.1) is 6.61 Å².